The van der Waals surface area contributed by atoms with E-state index in [2.05, 4.69) is 42.7 Å². The van der Waals surface area contributed by atoms with E-state index < -0.39 is 0 Å². The Morgan fingerprint density at radius 1 is 1.19 bits per heavy atom. The van der Waals surface area contributed by atoms with Gasteiger partial charge in [0.2, 0.25) is 5.89 Å². The number of rotatable bonds is 12. The summed E-state index contributed by atoms with van der Waals surface area (Å²) in [5.74, 6) is 3.52. The van der Waals surface area contributed by atoms with Crippen LogP contribution in [-0.2, 0) is 6.54 Å². The Labute approximate surface area is 187 Å². The quantitative estimate of drug-likeness (QED) is 0.419. The molecule has 2 heterocycles. The van der Waals surface area contributed by atoms with Crippen LogP contribution in [0.25, 0.3) is 11.5 Å². The van der Waals surface area contributed by atoms with Crippen LogP contribution in [0.4, 0.5) is 0 Å². The maximum Gasteiger partial charge on any atom is 0.226 e. The molecular formula is C26H39N3O2. The number of hydrogen-bond donors (Lipinski definition) is 0. The molecule has 0 amide bonds. The molecule has 0 N–H and O–H groups in total. The number of ether oxygens (including phenoxy) is 1. The first kappa shape index (κ1) is 22.3. The van der Waals surface area contributed by atoms with Crippen LogP contribution in [0.15, 0.2) is 28.7 Å². The van der Waals surface area contributed by atoms with E-state index in [4.69, 9.17) is 14.1 Å². The monoisotopic (exact) mass is 425 g/mol. The summed E-state index contributed by atoms with van der Waals surface area (Å²) < 4.78 is 12.1. The second-order valence-electron chi connectivity index (χ2n) is 9.46. The molecular weight excluding hydrogens is 386 g/mol. The van der Waals surface area contributed by atoms with Gasteiger partial charge in [-0.3, -0.25) is 4.90 Å². The molecule has 0 spiro atoms. The van der Waals surface area contributed by atoms with E-state index in [1.165, 1.54) is 45.2 Å². The first-order valence-corrected chi connectivity index (χ1v) is 12.3. The van der Waals surface area contributed by atoms with Gasteiger partial charge in [-0.2, -0.15) is 0 Å². The zero-order valence-electron chi connectivity index (χ0n) is 19.6. The van der Waals surface area contributed by atoms with Gasteiger partial charge in [-0.25, -0.2) is 4.98 Å². The topological polar surface area (TPSA) is 41.7 Å². The number of aromatic nitrogens is 1. The van der Waals surface area contributed by atoms with Gasteiger partial charge in [0, 0.05) is 24.7 Å². The predicted molar refractivity (Wildman–Crippen MR) is 125 cm³/mol. The van der Waals surface area contributed by atoms with Gasteiger partial charge in [-0.05, 0) is 95.6 Å². The smallest absolute Gasteiger partial charge is 0.226 e. The van der Waals surface area contributed by atoms with Gasteiger partial charge in [0.25, 0.3) is 0 Å². The molecule has 1 saturated carbocycles. The van der Waals surface area contributed by atoms with Crippen molar-refractivity contribution in [3.63, 3.8) is 0 Å². The number of likely N-dealkylation sites (tertiary alicyclic amines) is 1. The molecule has 1 aromatic carbocycles. The molecule has 1 unspecified atom stereocenters. The number of nitrogens with zero attached hydrogens (tertiary/aromatic N) is 3. The highest BCUT2D eigenvalue weighted by molar-refractivity contribution is 5.55. The van der Waals surface area contributed by atoms with Crippen molar-refractivity contribution in [2.75, 3.05) is 32.8 Å². The zero-order chi connectivity index (χ0) is 21.6. The van der Waals surface area contributed by atoms with E-state index in [-0.39, 0.29) is 0 Å². The van der Waals surface area contributed by atoms with Crippen molar-refractivity contribution in [2.24, 2.45) is 5.92 Å². The number of benzene rings is 1. The van der Waals surface area contributed by atoms with Crippen molar-refractivity contribution in [1.29, 1.82) is 0 Å². The van der Waals surface area contributed by atoms with E-state index in [1.54, 1.807) is 0 Å². The third kappa shape index (κ3) is 6.33. The Bertz CT molecular complexity index is 813. The van der Waals surface area contributed by atoms with Crippen LogP contribution < -0.4 is 4.74 Å². The molecule has 1 aliphatic heterocycles. The molecule has 0 bridgehead atoms. The minimum atomic E-state index is 0.713. The molecule has 5 heteroatoms. The summed E-state index contributed by atoms with van der Waals surface area (Å²) in [4.78, 5) is 9.80. The van der Waals surface area contributed by atoms with Crippen LogP contribution in [0, 0.1) is 12.8 Å². The summed E-state index contributed by atoms with van der Waals surface area (Å²) in [5.41, 5.74) is 2.01. The highest BCUT2D eigenvalue weighted by atomic mass is 16.5. The lowest BCUT2D eigenvalue weighted by Crippen LogP contribution is -2.28. The Morgan fingerprint density at radius 3 is 2.68 bits per heavy atom. The highest BCUT2D eigenvalue weighted by Gasteiger charge is 2.25. The average molecular weight is 426 g/mol. The van der Waals surface area contributed by atoms with Crippen LogP contribution in [0.5, 0.6) is 5.75 Å². The van der Waals surface area contributed by atoms with E-state index in [0.29, 0.717) is 5.89 Å². The predicted octanol–water partition coefficient (Wildman–Crippen LogP) is 5.53. The molecule has 2 aliphatic rings. The fourth-order valence-electron chi connectivity index (χ4n) is 4.59. The fourth-order valence-corrected chi connectivity index (χ4v) is 4.59. The first-order valence-electron chi connectivity index (χ1n) is 12.3. The van der Waals surface area contributed by atoms with E-state index in [9.17, 15) is 0 Å². The van der Waals surface area contributed by atoms with E-state index >= 15 is 0 Å². The normalized spacial score (nSPS) is 19.4. The SMILES string of the molecule is CCCN(Cc1oc(-c2ccc(OCCCN3CCCC3C)cc2)nc1C)CC1CC1. The third-order valence-corrected chi connectivity index (χ3v) is 6.66. The summed E-state index contributed by atoms with van der Waals surface area (Å²) in [6.07, 6.45) is 7.68. The van der Waals surface area contributed by atoms with Crippen molar-refractivity contribution < 1.29 is 9.15 Å². The lowest BCUT2D eigenvalue weighted by molar-refractivity contribution is 0.230. The van der Waals surface area contributed by atoms with Gasteiger partial charge in [-0.1, -0.05) is 6.92 Å². The second kappa shape index (κ2) is 10.6. The van der Waals surface area contributed by atoms with Crippen molar-refractivity contribution in [1.82, 2.24) is 14.8 Å². The molecule has 1 saturated heterocycles. The number of oxazole rings is 1. The zero-order valence-corrected chi connectivity index (χ0v) is 19.6. The average Bonchev–Trinajstić information content (AvgIpc) is 3.37. The third-order valence-electron chi connectivity index (χ3n) is 6.66. The summed E-state index contributed by atoms with van der Waals surface area (Å²) >= 11 is 0. The maximum atomic E-state index is 6.19. The maximum absolute atomic E-state index is 6.19. The molecule has 31 heavy (non-hydrogen) atoms. The van der Waals surface area contributed by atoms with Gasteiger partial charge in [0.05, 0.1) is 18.8 Å². The van der Waals surface area contributed by atoms with Gasteiger partial charge in [0.1, 0.15) is 11.5 Å². The molecule has 0 radical (unpaired) electrons. The van der Waals surface area contributed by atoms with Crippen molar-refractivity contribution in [3.8, 4) is 17.2 Å². The molecule has 2 fully saturated rings. The lowest BCUT2D eigenvalue weighted by Gasteiger charge is -2.20. The Morgan fingerprint density at radius 2 is 2.00 bits per heavy atom. The minimum Gasteiger partial charge on any atom is -0.494 e. The Hall–Kier alpha value is -1.85. The molecule has 1 aliphatic carbocycles. The van der Waals surface area contributed by atoms with Crippen LogP contribution in [0.1, 0.15) is 63.8 Å². The molecule has 4 rings (SSSR count). The van der Waals surface area contributed by atoms with Crippen LogP contribution in [0.2, 0.25) is 0 Å². The minimum absolute atomic E-state index is 0.713. The summed E-state index contributed by atoms with van der Waals surface area (Å²) in [6, 6.07) is 8.91. The van der Waals surface area contributed by atoms with Crippen molar-refractivity contribution in [2.45, 2.75) is 71.9 Å². The van der Waals surface area contributed by atoms with Crippen LogP contribution in [-0.4, -0.2) is 53.6 Å². The highest BCUT2D eigenvalue weighted by Crippen LogP contribution is 2.31. The standard InChI is InChI=1S/C26H39N3O2/c1-4-14-28(18-22-8-9-22)19-25-21(3)27-26(31-25)23-10-12-24(13-11-23)30-17-6-16-29-15-5-7-20(29)2/h10-13,20,22H,4-9,14-19H2,1-3H3. The molecule has 2 aromatic rings. The number of hydrogen-bond acceptors (Lipinski definition) is 5. The Balaban J connectivity index is 1.28. The fraction of sp³-hybridized carbons (Fsp3) is 0.654. The second-order valence-corrected chi connectivity index (χ2v) is 9.46. The van der Waals surface area contributed by atoms with Crippen LogP contribution >= 0.6 is 0 Å². The molecule has 1 aromatic heterocycles. The van der Waals surface area contributed by atoms with Crippen molar-refractivity contribution in [3.05, 3.63) is 35.7 Å². The van der Waals surface area contributed by atoms with Gasteiger partial charge in [-0.15, -0.1) is 0 Å². The van der Waals surface area contributed by atoms with Crippen LogP contribution in [0.3, 0.4) is 0 Å². The van der Waals surface area contributed by atoms with Gasteiger partial charge < -0.3 is 14.1 Å². The summed E-state index contributed by atoms with van der Waals surface area (Å²) in [6.45, 7) is 12.9. The molecule has 170 valence electrons. The summed E-state index contributed by atoms with van der Waals surface area (Å²) in [5, 5.41) is 0. The Kier molecular flexibility index (Phi) is 7.67. The lowest BCUT2D eigenvalue weighted by atomic mass is 10.2. The molecule has 5 nitrogen and oxygen atoms in total. The van der Waals surface area contributed by atoms with Gasteiger partial charge >= 0.3 is 0 Å². The van der Waals surface area contributed by atoms with Crippen molar-refractivity contribution >= 4 is 0 Å². The first-order chi connectivity index (χ1) is 15.1. The van der Waals surface area contributed by atoms with Gasteiger partial charge in [0.15, 0.2) is 0 Å². The number of aryl methyl sites for hydroxylation is 1. The molecule has 1 atom stereocenters. The van der Waals surface area contributed by atoms with E-state index in [1.807, 2.05) is 12.1 Å². The largest absolute Gasteiger partial charge is 0.494 e. The van der Waals surface area contributed by atoms with E-state index in [0.717, 1.165) is 67.4 Å². The summed E-state index contributed by atoms with van der Waals surface area (Å²) in [7, 11) is 0.